The summed E-state index contributed by atoms with van der Waals surface area (Å²) in [6.07, 6.45) is 1.44. The number of anilines is 1. The summed E-state index contributed by atoms with van der Waals surface area (Å²) in [5.74, 6) is 1.19. The van der Waals surface area contributed by atoms with E-state index in [0.29, 0.717) is 23.2 Å². The standard InChI is InChI=1S/C13H15N3O2S/c1-3-18-12-11(14)13(16-8-15-12)19-10-7-5-4-6-9(10)17-2/h4-8H,3,14H2,1-2H3. The van der Waals surface area contributed by atoms with Gasteiger partial charge in [-0.3, -0.25) is 0 Å². The van der Waals surface area contributed by atoms with Crippen molar-refractivity contribution in [3.8, 4) is 11.6 Å². The Morgan fingerprint density at radius 1 is 1.26 bits per heavy atom. The smallest absolute Gasteiger partial charge is 0.241 e. The van der Waals surface area contributed by atoms with Crippen molar-refractivity contribution in [1.82, 2.24) is 9.97 Å². The molecule has 0 spiro atoms. The molecule has 0 amide bonds. The molecule has 0 saturated carbocycles. The molecule has 1 heterocycles. The molecule has 0 bridgehead atoms. The highest BCUT2D eigenvalue weighted by Gasteiger charge is 2.12. The molecule has 6 heteroatoms. The Kier molecular flexibility index (Phi) is 4.46. The fraction of sp³-hybridized carbons (Fsp3) is 0.231. The second-order valence-corrected chi connectivity index (χ2v) is 4.61. The van der Waals surface area contributed by atoms with Crippen LogP contribution < -0.4 is 15.2 Å². The molecule has 0 saturated heterocycles. The molecule has 0 aliphatic heterocycles. The molecule has 5 nitrogen and oxygen atoms in total. The van der Waals surface area contributed by atoms with E-state index >= 15 is 0 Å². The molecule has 0 radical (unpaired) electrons. The molecule has 0 aliphatic rings. The van der Waals surface area contributed by atoms with Gasteiger partial charge in [0.25, 0.3) is 0 Å². The average molecular weight is 277 g/mol. The fourth-order valence-corrected chi connectivity index (χ4v) is 2.41. The van der Waals surface area contributed by atoms with Crippen LogP contribution in [0.15, 0.2) is 40.5 Å². The van der Waals surface area contributed by atoms with E-state index in [4.69, 9.17) is 15.2 Å². The van der Waals surface area contributed by atoms with Crippen molar-refractivity contribution < 1.29 is 9.47 Å². The van der Waals surface area contributed by atoms with Crippen LogP contribution in [0.25, 0.3) is 0 Å². The van der Waals surface area contributed by atoms with Crippen LogP contribution >= 0.6 is 11.8 Å². The van der Waals surface area contributed by atoms with Gasteiger partial charge in [-0.1, -0.05) is 23.9 Å². The van der Waals surface area contributed by atoms with E-state index in [9.17, 15) is 0 Å². The molecule has 0 atom stereocenters. The molecule has 19 heavy (non-hydrogen) atoms. The SMILES string of the molecule is CCOc1ncnc(Sc2ccccc2OC)c1N. The number of aromatic nitrogens is 2. The Morgan fingerprint density at radius 2 is 2.05 bits per heavy atom. The molecule has 100 valence electrons. The highest BCUT2D eigenvalue weighted by atomic mass is 32.2. The third-order valence-electron chi connectivity index (χ3n) is 2.37. The lowest BCUT2D eigenvalue weighted by Crippen LogP contribution is -2.02. The quantitative estimate of drug-likeness (QED) is 0.847. The van der Waals surface area contributed by atoms with Crippen LogP contribution in [-0.4, -0.2) is 23.7 Å². The number of nitrogens with two attached hydrogens (primary N) is 1. The van der Waals surface area contributed by atoms with Crippen molar-refractivity contribution in [3.05, 3.63) is 30.6 Å². The first-order valence-corrected chi connectivity index (χ1v) is 6.62. The van der Waals surface area contributed by atoms with Crippen molar-refractivity contribution in [2.45, 2.75) is 16.8 Å². The van der Waals surface area contributed by atoms with Gasteiger partial charge in [-0.05, 0) is 19.1 Å². The van der Waals surface area contributed by atoms with E-state index in [2.05, 4.69) is 9.97 Å². The molecule has 0 aliphatic carbocycles. The largest absolute Gasteiger partial charge is 0.496 e. The van der Waals surface area contributed by atoms with Gasteiger partial charge in [0.05, 0.1) is 18.6 Å². The number of rotatable bonds is 5. The summed E-state index contributed by atoms with van der Waals surface area (Å²) in [5.41, 5.74) is 6.44. The van der Waals surface area contributed by atoms with E-state index in [0.717, 1.165) is 10.6 Å². The van der Waals surface area contributed by atoms with Crippen LogP contribution in [0.4, 0.5) is 5.69 Å². The van der Waals surface area contributed by atoms with Crippen LogP contribution in [0, 0.1) is 0 Å². The Labute approximate surface area is 116 Å². The van der Waals surface area contributed by atoms with Crippen LogP contribution in [0.2, 0.25) is 0 Å². The Bertz CT molecular complexity index is 563. The third kappa shape index (κ3) is 3.08. The van der Waals surface area contributed by atoms with Gasteiger partial charge >= 0.3 is 0 Å². The first-order chi connectivity index (χ1) is 9.26. The summed E-state index contributed by atoms with van der Waals surface area (Å²) in [5, 5.41) is 0.656. The highest BCUT2D eigenvalue weighted by molar-refractivity contribution is 7.99. The van der Waals surface area contributed by atoms with Gasteiger partial charge < -0.3 is 15.2 Å². The maximum absolute atomic E-state index is 6.00. The van der Waals surface area contributed by atoms with E-state index in [-0.39, 0.29) is 0 Å². The molecule has 0 fully saturated rings. The molecular formula is C13H15N3O2S. The number of nitrogens with zero attached hydrogens (tertiary/aromatic N) is 2. The number of benzene rings is 1. The molecule has 1 aromatic carbocycles. The molecule has 2 rings (SSSR count). The first-order valence-electron chi connectivity index (χ1n) is 5.80. The predicted octanol–water partition coefficient (Wildman–Crippen LogP) is 2.62. The molecule has 1 aromatic heterocycles. The van der Waals surface area contributed by atoms with E-state index < -0.39 is 0 Å². The molecule has 0 unspecified atom stereocenters. The van der Waals surface area contributed by atoms with Crippen molar-refractivity contribution in [2.24, 2.45) is 0 Å². The monoisotopic (exact) mass is 277 g/mol. The van der Waals surface area contributed by atoms with Crippen LogP contribution in [0.3, 0.4) is 0 Å². The Morgan fingerprint density at radius 3 is 2.79 bits per heavy atom. The topological polar surface area (TPSA) is 70.3 Å². The zero-order chi connectivity index (χ0) is 13.7. The summed E-state index contributed by atoms with van der Waals surface area (Å²) in [6, 6.07) is 7.69. The van der Waals surface area contributed by atoms with Crippen molar-refractivity contribution >= 4 is 17.4 Å². The van der Waals surface area contributed by atoms with Gasteiger partial charge in [0.2, 0.25) is 5.88 Å². The fourth-order valence-electron chi connectivity index (χ4n) is 1.50. The number of hydrogen-bond acceptors (Lipinski definition) is 6. The lowest BCUT2D eigenvalue weighted by Gasteiger charge is -2.10. The maximum atomic E-state index is 6.00. The van der Waals surface area contributed by atoms with E-state index in [1.807, 2.05) is 31.2 Å². The van der Waals surface area contributed by atoms with Crippen LogP contribution in [0.5, 0.6) is 11.6 Å². The minimum absolute atomic E-state index is 0.412. The maximum Gasteiger partial charge on any atom is 0.241 e. The number of hydrogen-bond donors (Lipinski definition) is 1. The van der Waals surface area contributed by atoms with Crippen LogP contribution in [-0.2, 0) is 0 Å². The summed E-state index contributed by atoms with van der Waals surface area (Å²) in [4.78, 5) is 9.14. The Balaban J connectivity index is 2.30. The van der Waals surface area contributed by atoms with E-state index in [1.54, 1.807) is 7.11 Å². The minimum Gasteiger partial charge on any atom is -0.496 e. The Hall–Kier alpha value is -1.95. The van der Waals surface area contributed by atoms with Gasteiger partial charge in [-0.2, -0.15) is 4.98 Å². The third-order valence-corrected chi connectivity index (χ3v) is 3.44. The number of nitrogen functional groups attached to an aromatic ring is 1. The van der Waals surface area contributed by atoms with Gasteiger partial charge in [0.15, 0.2) is 0 Å². The first kappa shape index (κ1) is 13.5. The minimum atomic E-state index is 0.412. The van der Waals surface area contributed by atoms with Crippen LogP contribution in [0.1, 0.15) is 6.92 Å². The summed E-state index contributed by atoms with van der Waals surface area (Å²) >= 11 is 1.42. The zero-order valence-electron chi connectivity index (χ0n) is 10.8. The average Bonchev–Trinajstić information content (AvgIpc) is 2.44. The number of ether oxygens (including phenoxy) is 2. The second kappa shape index (κ2) is 6.29. The zero-order valence-corrected chi connectivity index (χ0v) is 11.6. The summed E-state index contributed by atoms with van der Waals surface area (Å²) in [6.45, 7) is 2.40. The summed E-state index contributed by atoms with van der Waals surface area (Å²) < 4.78 is 10.6. The van der Waals surface area contributed by atoms with E-state index in [1.165, 1.54) is 18.1 Å². The van der Waals surface area contributed by atoms with Crippen molar-refractivity contribution in [2.75, 3.05) is 19.5 Å². The molecule has 2 aromatic rings. The molecular weight excluding hydrogens is 262 g/mol. The van der Waals surface area contributed by atoms with Crippen molar-refractivity contribution in [3.63, 3.8) is 0 Å². The predicted molar refractivity (Wildman–Crippen MR) is 74.7 cm³/mol. The highest BCUT2D eigenvalue weighted by Crippen LogP contribution is 2.38. The normalized spacial score (nSPS) is 10.2. The number of methoxy groups -OCH3 is 1. The molecule has 2 N–H and O–H groups in total. The van der Waals surface area contributed by atoms with Gasteiger partial charge in [-0.15, -0.1) is 0 Å². The van der Waals surface area contributed by atoms with Gasteiger partial charge in [0, 0.05) is 0 Å². The lowest BCUT2D eigenvalue weighted by molar-refractivity contribution is 0.327. The summed E-state index contributed by atoms with van der Waals surface area (Å²) in [7, 11) is 1.63. The van der Waals surface area contributed by atoms with Gasteiger partial charge in [0.1, 0.15) is 22.8 Å². The number of para-hydroxylation sites is 1. The van der Waals surface area contributed by atoms with Gasteiger partial charge in [-0.25, -0.2) is 4.98 Å². The van der Waals surface area contributed by atoms with Crippen molar-refractivity contribution in [1.29, 1.82) is 0 Å². The lowest BCUT2D eigenvalue weighted by atomic mass is 10.3. The second-order valence-electron chi connectivity index (χ2n) is 3.58.